The Morgan fingerprint density at radius 3 is 3.12 bits per heavy atom. The monoisotopic (exact) mass is 237 g/mol. The van der Waals surface area contributed by atoms with Crippen molar-refractivity contribution in [3.05, 3.63) is 30.6 Å². The van der Waals surface area contributed by atoms with Crippen LogP contribution in [0.2, 0.25) is 0 Å². The van der Waals surface area contributed by atoms with Crippen molar-refractivity contribution in [3.63, 3.8) is 0 Å². The molecule has 0 saturated heterocycles. The van der Waals surface area contributed by atoms with E-state index in [1.54, 1.807) is 6.08 Å². The van der Waals surface area contributed by atoms with Crippen LogP contribution in [0.3, 0.4) is 0 Å². The Hall–Kier alpha value is -1.95. The number of nitrogens with one attached hydrogen (secondary N) is 1. The zero-order chi connectivity index (χ0) is 12.5. The maximum Gasteiger partial charge on any atom is 0.354 e. The molecule has 0 aliphatic rings. The molecule has 0 saturated carbocycles. The van der Waals surface area contributed by atoms with Crippen molar-refractivity contribution >= 4 is 11.9 Å². The summed E-state index contributed by atoms with van der Waals surface area (Å²) in [5, 5.41) is 11.6. The van der Waals surface area contributed by atoms with Crippen molar-refractivity contribution in [1.82, 2.24) is 9.97 Å². The van der Waals surface area contributed by atoms with Crippen LogP contribution in [0.25, 0.3) is 0 Å². The van der Waals surface area contributed by atoms with E-state index in [0.29, 0.717) is 19.8 Å². The minimum Gasteiger partial charge on any atom is -0.477 e. The minimum atomic E-state index is -1.07. The van der Waals surface area contributed by atoms with Gasteiger partial charge in [-0.25, -0.2) is 14.8 Å². The second-order valence-electron chi connectivity index (χ2n) is 3.19. The zero-order valence-corrected chi connectivity index (χ0v) is 9.43. The number of carboxylic acids is 1. The van der Waals surface area contributed by atoms with Crippen molar-refractivity contribution in [2.24, 2.45) is 0 Å². The summed E-state index contributed by atoms with van der Waals surface area (Å²) in [6.45, 7) is 5.24. The van der Waals surface area contributed by atoms with Gasteiger partial charge in [-0.1, -0.05) is 6.08 Å². The predicted molar refractivity (Wildman–Crippen MR) is 63.1 cm³/mol. The molecule has 0 unspecified atom stereocenters. The molecule has 0 radical (unpaired) electrons. The number of hydrogen-bond donors (Lipinski definition) is 2. The molecule has 6 nitrogen and oxygen atoms in total. The molecule has 2 N–H and O–H groups in total. The predicted octanol–water partition coefficient (Wildman–Crippen LogP) is 1.18. The molecule has 0 aliphatic heterocycles. The number of hydrogen-bond acceptors (Lipinski definition) is 5. The second kappa shape index (κ2) is 7.34. The Morgan fingerprint density at radius 2 is 2.41 bits per heavy atom. The smallest absolute Gasteiger partial charge is 0.354 e. The Morgan fingerprint density at radius 1 is 1.59 bits per heavy atom. The first-order valence-corrected chi connectivity index (χ1v) is 5.23. The number of aromatic nitrogens is 2. The standard InChI is InChI=1S/C11H15N3O3/c1-2-3-7-17-8-6-13-11-12-5-4-9(14-11)10(15)16/h2,4-5H,1,3,6-8H2,(H,15,16)(H,12,13,14). The van der Waals surface area contributed by atoms with Crippen LogP contribution in [0.15, 0.2) is 24.9 Å². The fourth-order valence-electron chi connectivity index (χ4n) is 1.07. The Bertz CT molecular complexity index is 382. The van der Waals surface area contributed by atoms with Crippen LogP contribution < -0.4 is 5.32 Å². The quantitative estimate of drug-likeness (QED) is 0.521. The molecule has 92 valence electrons. The number of rotatable bonds is 8. The lowest BCUT2D eigenvalue weighted by Crippen LogP contribution is -2.13. The highest BCUT2D eigenvalue weighted by molar-refractivity contribution is 5.85. The van der Waals surface area contributed by atoms with Crippen LogP contribution in [0.4, 0.5) is 5.95 Å². The lowest BCUT2D eigenvalue weighted by molar-refractivity contribution is 0.0690. The molecule has 0 aliphatic carbocycles. The molecule has 1 heterocycles. The molecule has 0 atom stereocenters. The van der Waals surface area contributed by atoms with E-state index in [0.717, 1.165) is 6.42 Å². The summed E-state index contributed by atoms with van der Waals surface area (Å²) < 4.78 is 5.27. The average Bonchev–Trinajstić information content (AvgIpc) is 2.34. The maximum atomic E-state index is 10.6. The van der Waals surface area contributed by atoms with Gasteiger partial charge in [-0.2, -0.15) is 0 Å². The first-order valence-electron chi connectivity index (χ1n) is 5.23. The third-order valence-corrected chi connectivity index (χ3v) is 1.87. The third kappa shape index (κ3) is 5.07. The molecule has 1 rings (SSSR count). The Labute approximate surface area is 99.4 Å². The van der Waals surface area contributed by atoms with Crippen LogP contribution in [0.1, 0.15) is 16.9 Å². The van der Waals surface area contributed by atoms with E-state index in [4.69, 9.17) is 9.84 Å². The second-order valence-corrected chi connectivity index (χ2v) is 3.19. The molecule has 0 amide bonds. The van der Waals surface area contributed by atoms with Crippen molar-refractivity contribution < 1.29 is 14.6 Å². The van der Waals surface area contributed by atoms with E-state index >= 15 is 0 Å². The summed E-state index contributed by atoms with van der Waals surface area (Å²) >= 11 is 0. The Kier molecular flexibility index (Phi) is 5.67. The van der Waals surface area contributed by atoms with Gasteiger partial charge in [-0.05, 0) is 12.5 Å². The fraction of sp³-hybridized carbons (Fsp3) is 0.364. The zero-order valence-electron chi connectivity index (χ0n) is 9.43. The molecule has 0 aromatic carbocycles. The molecule has 6 heteroatoms. The molecule has 0 bridgehead atoms. The lowest BCUT2D eigenvalue weighted by Gasteiger charge is -2.05. The van der Waals surface area contributed by atoms with Gasteiger partial charge in [0, 0.05) is 12.7 Å². The van der Waals surface area contributed by atoms with Crippen molar-refractivity contribution in [2.75, 3.05) is 25.1 Å². The molecular weight excluding hydrogens is 222 g/mol. The van der Waals surface area contributed by atoms with E-state index in [1.807, 2.05) is 0 Å². The molecule has 1 aromatic rings. The number of carboxylic acid groups (broad SMARTS) is 1. The number of nitrogens with zero attached hydrogens (tertiary/aromatic N) is 2. The van der Waals surface area contributed by atoms with Crippen molar-refractivity contribution in [1.29, 1.82) is 0 Å². The van der Waals surface area contributed by atoms with Gasteiger partial charge in [0.15, 0.2) is 5.69 Å². The van der Waals surface area contributed by atoms with E-state index < -0.39 is 5.97 Å². The summed E-state index contributed by atoms with van der Waals surface area (Å²) in [5.74, 6) is -0.782. The lowest BCUT2D eigenvalue weighted by atomic mass is 10.4. The van der Waals surface area contributed by atoms with Crippen LogP contribution >= 0.6 is 0 Å². The summed E-state index contributed by atoms with van der Waals surface area (Å²) in [5.41, 5.74) is -0.0323. The maximum absolute atomic E-state index is 10.6. The van der Waals surface area contributed by atoms with Gasteiger partial charge in [-0.3, -0.25) is 0 Å². The Balaban J connectivity index is 2.29. The third-order valence-electron chi connectivity index (χ3n) is 1.87. The van der Waals surface area contributed by atoms with Crippen LogP contribution in [0.5, 0.6) is 0 Å². The first-order chi connectivity index (χ1) is 8.24. The molecule has 0 spiro atoms. The van der Waals surface area contributed by atoms with Crippen LogP contribution in [-0.4, -0.2) is 40.8 Å². The van der Waals surface area contributed by atoms with E-state index in [2.05, 4.69) is 21.9 Å². The summed E-state index contributed by atoms with van der Waals surface area (Å²) in [4.78, 5) is 18.4. The normalized spacial score (nSPS) is 9.88. The highest BCUT2D eigenvalue weighted by atomic mass is 16.5. The number of aromatic carboxylic acids is 1. The SMILES string of the molecule is C=CCCOCCNc1nccc(C(=O)O)n1. The van der Waals surface area contributed by atoms with Gasteiger partial charge in [0.1, 0.15) is 0 Å². The van der Waals surface area contributed by atoms with Crippen molar-refractivity contribution in [2.45, 2.75) is 6.42 Å². The highest BCUT2D eigenvalue weighted by Crippen LogP contribution is 1.99. The van der Waals surface area contributed by atoms with Crippen molar-refractivity contribution in [3.8, 4) is 0 Å². The van der Waals surface area contributed by atoms with Gasteiger partial charge in [-0.15, -0.1) is 6.58 Å². The first kappa shape index (κ1) is 13.1. The molecule has 1 aromatic heterocycles. The number of anilines is 1. The van der Waals surface area contributed by atoms with Gasteiger partial charge in [0.2, 0.25) is 5.95 Å². The number of carbonyl (C=O) groups is 1. The average molecular weight is 237 g/mol. The summed E-state index contributed by atoms with van der Waals surface area (Å²) in [6, 6.07) is 1.34. The van der Waals surface area contributed by atoms with Crippen LogP contribution in [0, 0.1) is 0 Å². The van der Waals surface area contributed by atoms with Gasteiger partial charge >= 0.3 is 5.97 Å². The topological polar surface area (TPSA) is 84.3 Å². The largest absolute Gasteiger partial charge is 0.477 e. The fourth-order valence-corrected chi connectivity index (χ4v) is 1.07. The van der Waals surface area contributed by atoms with Gasteiger partial charge < -0.3 is 15.2 Å². The summed E-state index contributed by atoms with van der Waals surface area (Å²) in [7, 11) is 0. The van der Waals surface area contributed by atoms with E-state index in [9.17, 15) is 4.79 Å². The minimum absolute atomic E-state index is 0.0323. The van der Waals surface area contributed by atoms with E-state index in [1.165, 1.54) is 12.3 Å². The number of ether oxygens (including phenoxy) is 1. The van der Waals surface area contributed by atoms with Gasteiger partial charge in [0.05, 0.1) is 13.2 Å². The van der Waals surface area contributed by atoms with Crippen LogP contribution in [-0.2, 0) is 4.74 Å². The summed E-state index contributed by atoms with van der Waals surface area (Å²) in [6.07, 6.45) is 4.00. The molecular formula is C11H15N3O3. The van der Waals surface area contributed by atoms with Gasteiger partial charge in [0.25, 0.3) is 0 Å². The molecule has 17 heavy (non-hydrogen) atoms. The highest BCUT2D eigenvalue weighted by Gasteiger charge is 2.05. The molecule has 0 fully saturated rings. The van der Waals surface area contributed by atoms with E-state index in [-0.39, 0.29) is 11.6 Å².